The van der Waals surface area contributed by atoms with Gasteiger partial charge in [0.05, 0.1) is 23.5 Å². The Kier molecular flexibility index (Phi) is 5.35. The molecule has 0 bridgehead atoms. The molecule has 0 aliphatic carbocycles. The molecule has 0 saturated heterocycles. The molecule has 0 atom stereocenters. The number of fused-ring (bicyclic) bond motifs is 1. The van der Waals surface area contributed by atoms with Crippen molar-refractivity contribution < 1.29 is 9.47 Å². The van der Waals surface area contributed by atoms with Crippen molar-refractivity contribution in [2.24, 2.45) is 0 Å². The highest BCUT2D eigenvalue weighted by Gasteiger charge is 2.09. The fourth-order valence-corrected chi connectivity index (χ4v) is 3.27. The van der Waals surface area contributed by atoms with E-state index in [9.17, 15) is 4.79 Å². The van der Waals surface area contributed by atoms with Crippen LogP contribution >= 0.6 is 11.3 Å². The van der Waals surface area contributed by atoms with E-state index >= 15 is 0 Å². The third kappa shape index (κ3) is 4.18. The van der Waals surface area contributed by atoms with Crippen LogP contribution in [0.15, 0.2) is 34.4 Å². The summed E-state index contributed by atoms with van der Waals surface area (Å²) >= 11 is 1.52. The van der Waals surface area contributed by atoms with E-state index in [0.717, 1.165) is 16.3 Å². The lowest BCUT2D eigenvalue weighted by Gasteiger charge is -2.08. The molecule has 0 fully saturated rings. The van der Waals surface area contributed by atoms with Crippen LogP contribution in [0.1, 0.15) is 13.8 Å². The number of anilines is 1. The Hall–Kier alpha value is -2.38. The number of hydrogen-bond donors (Lipinski definition) is 2. The van der Waals surface area contributed by atoms with E-state index in [1.54, 1.807) is 25.3 Å². The summed E-state index contributed by atoms with van der Waals surface area (Å²) in [5.74, 6) is 0.692. The number of aromatic nitrogens is 2. The first-order chi connectivity index (χ1) is 12.1. The summed E-state index contributed by atoms with van der Waals surface area (Å²) in [4.78, 5) is 20.2. The number of pyridine rings is 1. The van der Waals surface area contributed by atoms with E-state index < -0.39 is 0 Å². The number of methoxy groups -OCH3 is 1. The van der Waals surface area contributed by atoms with Gasteiger partial charge in [0, 0.05) is 36.1 Å². The van der Waals surface area contributed by atoms with E-state index in [4.69, 9.17) is 9.47 Å². The van der Waals surface area contributed by atoms with Gasteiger partial charge >= 0.3 is 0 Å². The maximum atomic E-state index is 12.4. The van der Waals surface area contributed by atoms with Crippen molar-refractivity contribution >= 4 is 27.4 Å². The zero-order valence-corrected chi connectivity index (χ0v) is 15.3. The van der Waals surface area contributed by atoms with Gasteiger partial charge in [-0.1, -0.05) is 0 Å². The molecule has 0 aliphatic heterocycles. The van der Waals surface area contributed by atoms with Crippen LogP contribution in [0.4, 0.5) is 5.13 Å². The Morgan fingerprint density at radius 1 is 1.28 bits per heavy atom. The van der Waals surface area contributed by atoms with Crippen LogP contribution in [0, 0.1) is 0 Å². The predicted molar refractivity (Wildman–Crippen MR) is 102 cm³/mol. The minimum atomic E-state index is -0.0430. The number of rotatable bonds is 7. The van der Waals surface area contributed by atoms with Crippen LogP contribution in [0.3, 0.4) is 0 Å². The van der Waals surface area contributed by atoms with Crippen LogP contribution in [-0.4, -0.2) is 36.3 Å². The molecule has 0 spiro atoms. The second-order valence-corrected chi connectivity index (χ2v) is 6.79. The molecule has 3 rings (SSSR count). The van der Waals surface area contributed by atoms with Crippen LogP contribution in [0.25, 0.3) is 22.3 Å². The fourth-order valence-electron chi connectivity index (χ4n) is 2.41. The summed E-state index contributed by atoms with van der Waals surface area (Å²) in [6, 6.07) is 7.28. The summed E-state index contributed by atoms with van der Waals surface area (Å²) in [5, 5.41) is 6.66. The van der Waals surface area contributed by atoms with Crippen molar-refractivity contribution in [2.75, 3.05) is 25.6 Å². The second-order valence-electron chi connectivity index (χ2n) is 5.93. The highest BCUT2D eigenvalue weighted by molar-refractivity contribution is 7.14. The van der Waals surface area contributed by atoms with E-state index in [2.05, 4.69) is 29.1 Å². The van der Waals surface area contributed by atoms with Crippen molar-refractivity contribution in [1.82, 2.24) is 9.97 Å². The lowest BCUT2D eigenvalue weighted by atomic mass is 10.1. The highest BCUT2D eigenvalue weighted by atomic mass is 32.1. The van der Waals surface area contributed by atoms with E-state index in [-0.39, 0.29) is 5.43 Å². The number of benzene rings is 1. The predicted octanol–water partition coefficient (Wildman–Crippen LogP) is 3.50. The fraction of sp³-hybridized carbons (Fsp3) is 0.333. The molecule has 0 saturated carbocycles. The molecule has 25 heavy (non-hydrogen) atoms. The Labute approximate surface area is 149 Å². The summed E-state index contributed by atoms with van der Waals surface area (Å²) < 4.78 is 10.6. The van der Waals surface area contributed by atoms with Crippen molar-refractivity contribution in [2.45, 2.75) is 19.9 Å². The van der Waals surface area contributed by atoms with Gasteiger partial charge in [-0.15, -0.1) is 11.3 Å². The van der Waals surface area contributed by atoms with Gasteiger partial charge < -0.3 is 19.8 Å². The number of nitrogens with zero attached hydrogens (tertiary/aromatic N) is 1. The standard InChI is InChI=1S/C18H21N3O3S/c1-11(2)19-18-21-16(10-25-18)15-9-17(22)13-5-4-12(8-14(13)20-15)24-7-6-23-3/h4-5,8-11H,6-7H2,1-3H3,(H,19,21)(H,20,22). The zero-order chi connectivity index (χ0) is 17.8. The Morgan fingerprint density at radius 2 is 2.12 bits per heavy atom. The largest absolute Gasteiger partial charge is 0.491 e. The monoisotopic (exact) mass is 359 g/mol. The molecular weight excluding hydrogens is 338 g/mol. The molecule has 0 aliphatic rings. The lowest BCUT2D eigenvalue weighted by Crippen LogP contribution is -2.09. The third-order valence-electron chi connectivity index (χ3n) is 3.55. The van der Waals surface area contributed by atoms with Crippen LogP contribution in [0.2, 0.25) is 0 Å². The van der Waals surface area contributed by atoms with Gasteiger partial charge in [0.15, 0.2) is 10.6 Å². The summed E-state index contributed by atoms with van der Waals surface area (Å²) in [5.41, 5.74) is 2.12. The van der Waals surface area contributed by atoms with Gasteiger partial charge in [0.1, 0.15) is 12.4 Å². The average molecular weight is 359 g/mol. The minimum Gasteiger partial charge on any atom is -0.491 e. The van der Waals surface area contributed by atoms with Crippen LogP contribution in [-0.2, 0) is 4.74 Å². The first-order valence-electron chi connectivity index (χ1n) is 8.08. The van der Waals surface area contributed by atoms with Crippen molar-refractivity contribution in [1.29, 1.82) is 0 Å². The molecule has 132 valence electrons. The van der Waals surface area contributed by atoms with Crippen molar-refractivity contribution in [3.05, 3.63) is 39.9 Å². The second kappa shape index (κ2) is 7.67. The van der Waals surface area contributed by atoms with Gasteiger partial charge in [-0.25, -0.2) is 4.98 Å². The van der Waals surface area contributed by atoms with Gasteiger partial charge in [-0.3, -0.25) is 4.79 Å². The van der Waals surface area contributed by atoms with E-state index in [1.807, 2.05) is 11.4 Å². The molecule has 0 radical (unpaired) electrons. The Balaban J connectivity index is 1.93. The van der Waals surface area contributed by atoms with E-state index in [0.29, 0.717) is 36.1 Å². The molecule has 0 unspecified atom stereocenters. The van der Waals surface area contributed by atoms with Gasteiger partial charge in [-0.05, 0) is 26.0 Å². The third-order valence-corrected chi connectivity index (χ3v) is 4.32. The molecule has 0 amide bonds. The quantitative estimate of drug-likeness (QED) is 0.632. The normalized spacial score (nSPS) is 11.2. The topological polar surface area (TPSA) is 76.2 Å². The number of nitrogens with one attached hydrogen (secondary N) is 2. The molecule has 6 nitrogen and oxygen atoms in total. The maximum Gasteiger partial charge on any atom is 0.190 e. The number of H-pyrrole nitrogens is 1. The number of aromatic amines is 1. The van der Waals surface area contributed by atoms with Gasteiger partial charge in [0.25, 0.3) is 0 Å². The zero-order valence-electron chi connectivity index (χ0n) is 14.5. The Morgan fingerprint density at radius 3 is 2.88 bits per heavy atom. The molecule has 7 heteroatoms. The first kappa shape index (κ1) is 17.4. The molecule has 2 aromatic heterocycles. The molecule has 2 heterocycles. The smallest absolute Gasteiger partial charge is 0.190 e. The van der Waals surface area contributed by atoms with Gasteiger partial charge in [-0.2, -0.15) is 0 Å². The van der Waals surface area contributed by atoms with Crippen LogP contribution in [0.5, 0.6) is 5.75 Å². The van der Waals surface area contributed by atoms with E-state index in [1.165, 1.54) is 11.3 Å². The molecular formula is C18H21N3O3S. The highest BCUT2D eigenvalue weighted by Crippen LogP contribution is 2.25. The maximum absolute atomic E-state index is 12.4. The molecule has 2 N–H and O–H groups in total. The first-order valence-corrected chi connectivity index (χ1v) is 8.96. The number of thiazole rings is 1. The van der Waals surface area contributed by atoms with Gasteiger partial charge in [0.2, 0.25) is 0 Å². The minimum absolute atomic E-state index is 0.0430. The molecule has 3 aromatic rings. The number of hydrogen-bond acceptors (Lipinski definition) is 6. The molecule has 1 aromatic carbocycles. The number of ether oxygens (including phenoxy) is 2. The van der Waals surface area contributed by atoms with Crippen LogP contribution < -0.4 is 15.5 Å². The average Bonchev–Trinajstić information content (AvgIpc) is 3.02. The lowest BCUT2D eigenvalue weighted by molar-refractivity contribution is 0.146. The van der Waals surface area contributed by atoms with Crippen molar-refractivity contribution in [3.63, 3.8) is 0 Å². The van der Waals surface area contributed by atoms with Crippen molar-refractivity contribution in [3.8, 4) is 17.1 Å². The SMILES string of the molecule is COCCOc1ccc2c(=O)cc(-c3csc(NC(C)C)n3)[nH]c2c1. The summed E-state index contributed by atoms with van der Waals surface area (Å²) in [7, 11) is 1.63. The Bertz CT molecular complexity index is 917. The summed E-state index contributed by atoms with van der Waals surface area (Å²) in [6.45, 7) is 5.09. The summed E-state index contributed by atoms with van der Waals surface area (Å²) in [6.07, 6.45) is 0.